The molecule has 2 N–H and O–H groups in total. The van der Waals surface area contributed by atoms with Crippen molar-refractivity contribution < 1.29 is 4.74 Å². The summed E-state index contributed by atoms with van der Waals surface area (Å²) in [6.45, 7) is 2.66. The maximum atomic E-state index is 6.27. The summed E-state index contributed by atoms with van der Waals surface area (Å²) in [5.74, 6) is 0.569. The predicted molar refractivity (Wildman–Crippen MR) is 71.5 cm³/mol. The van der Waals surface area contributed by atoms with Crippen LogP contribution in [0.1, 0.15) is 31.4 Å². The Morgan fingerprint density at radius 2 is 2.12 bits per heavy atom. The fourth-order valence-corrected chi connectivity index (χ4v) is 2.52. The number of rotatable bonds is 5. The molecule has 17 heavy (non-hydrogen) atoms. The summed E-state index contributed by atoms with van der Waals surface area (Å²) in [4.78, 5) is 0. The van der Waals surface area contributed by atoms with Gasteiger partial charge in [-0.1, -0.05) is 23.2 Å². The van der Waals surface area contributed by atoms with Gasteiger partial charge < -0.3 is 10.5 Å². The van der Waals surface area contributed by atoms with Crippen LogP contribution in [0.3, 0.4) is 0 Å². The Labute approximate surface area is 112 Å². The predicted octanol–water partition coefficient (Wildman–Crippen LogP) is 3.81. The van der Waals surface area contributed by atoms with Crippen molar-refractivity contribution in [3.8, 4) is 0 Å². The highest BCUT2D eigenvalue weighted by Gasteiger charge is 2.37. The number of benzene rings is 1. The summed E-state index contributed by atoms with van der Waals surface area (Å²) < 4.78 is 5.75. The summed E-state index contributed by atoms with van der Waals surface area (Å²) >= 11 is 12.1. The number of hydrogen-bond acceptors (Lipinski definition) is 2. The molecule has 2 nitrogen and oxygen atoms in total. The van der Waals surface area contributed by atoms with Crippen LogP contribution in [0.25, 0.3) is 0 Å². The second-order valence-corrected chi connectivity index (χ2v) is 5.29. The Balaban J connectivity index is 2.21. The maximum absolute atomic E-state index is 6.27. The van der Waals surface area contributed by atoms with Gasteiger partial charge in [-0.2, -0.15) is 0 Å². The fraction of sp³-hybridized carbons (Fsp3) is 0.538. The molecule has 1 aromatic carbocycles. The van der Waals surface area contributed by atoms with Crippen LogP contribution in [-0.4, -0.2) is 12.7 Å². The summed E-state index contributed by atoms with van der Waals surface area (Å²) in [5, 5.41) is 1.32. The van der Waals surface area contributed by atoms with Gasteiger partial charge in [0, 0.05) is 16.7 Å². The van der Waals surface area contributed by atoms with E-state index in [0.29, 0.717) is 22.6 Å². The molecule has 0 bridgehead atoms. The van der Waals surface area contributed by atoms with E-state index in [2.05, 4.69) is 0 Å². The molecule has 2 atom stereocenters. The van der Waals surface area contributed by atoms with E-state index in [4.69, 9.17) is 33.7 Å². The number of ether oxygens (including phenoxy) is 1. The van der Waals surface area contributed by atoms with E-state index in [1.807, 2.05) is 13.0 Å². The van der Waals surface area contributed by atoms with Crippen LogP contribution < -0.4 is 5.73 Å². The average molecular weight is 274 g/mol. The summed E-state index contributed by atoms with van der Waals surface area (Å²) in [6, 6.07) is 5.19. The Bertz CT molecular complexity index is 393. The Morgan fingerprint density at radius 3 is 2.71 bits per heavy atom. The van der Waals surface area contributed by atoms with Crippen molar-refractivity contribution in [1.82, 2.24) is 0 Å². The number of nitrogens with two attached hydrogens (primary N) is 1. The molecule has 0 spiro atoms. The lowest BCUT2D eigenvalue weighted by Crippen LogP contribution is -2.31. The quantitative estimate of drug-likeness (QED) is 0.886. The number of halogens is 2. The van der Waals surface area contributed by atoms with Crippen molar-refractivity contribution in [3.05, 3.63) is 33.8 Å². The molecule has 0 aliphatic heterocycles. The van der Waals surface area contributed by atoms with E-state index in [9.17, 15) is 0 Å². The molecule has 94 valence electrons. The van der Waals surface area contributed by atoms with Crippen LogP contribution in [0.2, 0.25) is 10.0 Å². The van der Waals surface area contributed by atoms with E-state index in [-0.39, 0.29) is 12.1 Å². The smallest absolute Gasteiger partial charge is 0.0796 e. The third kappa shape index (κ3) is 3.14. The summed E-state index contributed by atoms with van der Waals surface area (Å²) in [7, 11) is 0. The lowest BCUT2D eigenvalue weighted by Gasteiger charge is -2.25. The van der Waals surface area contributed by atoms with Crippen molar-refractivity contribution in [2.24, 2.45) is 11.7 Å². The normalized spacial score (nSPS) is 19.1. The molecule has 0 saturated heterocycles. The minimum absolute atomic E-state index is 0.0518. The van der Waals surface area contributed by atoms with Crippen LogP contribution in [0.15, 0.2) is 18.2 Å². The van der Waals surface area contributed by atoms with Crippen LogP contribution in [0.4, 0.5) is 0 Å². The molecule has 1 aliphatic rings. The van der Waals surface area contributed by atoms with Gasteiger partial charge >= 0.3 is 0 Å². The van der Waals surface area contributed by atoms with Gasteiger partial charge in [0.1, 0.15) is 0 Å². The van der Waals surface area contributed by atoms with E-state index in [1.165, 1.54) is 12.8 Å². The first-order valence-electron chi connectivity index (χ1n) is 5.95. The molecule has 1 aromatic rings. The second-order valence-electron chi connectivity index (χ2n) is 4.45. The van der Waals surface area contributed by atoms with E-state index in [1.54, 1.807) is 12.1 Å². The lowest BCUT2D eigenvalue weighted by atomic mass is 9.99. The van der Waals surface area contributed by atoms with Crippen LogP contribution >= 0.6 is 23.2 Å². The molecule has 0 radical (unpaired) electrons. The third-order valence-electron chi connectivity index (χ3n) is 3.12. The first-order chi connectivity index (χ1) is 8.13. The Morgan fingerprint density at radius 1 is 1.41 bits per heavy atom. The molecule has 1 saturated carbocycles. The zero-order chi connectivity index (χ0) is 12.4. The zero-order valence-electron chi connectivity index (χ0n) is 9.83. The average Bonchev–Trinajstić information content (AvgIpc) is 3.12. The number of hydrogen-bond donors (Lipinski definition) is 1. The first-order valence-corrected chi connectivity index (χ1v) is 6.71. The highest BCUT2D eigenvalue weighted by atomic mass is 35.5. The molecule has 4 heteroatoms. The highest BCUT2D eigenvalue weighted by Crippen LogP contribution is 2.40. The van der Waals surface area contributed by atoms with E-state index < -0.39 is 0 Å². The standard InChI is InChI=1S/C13H17Cl2NO/c1-2-17-13(8-3-4-8)12(16)10-7-9(14)5-6-11(10)15/h5-8,12-13H,2-4,16H2,1H3. The van der Waals surface area contributed by atoms with Gasteiger partial charge in [0.15, 0.2) is 0 Å². The largest absolute Gasteiger partial charge is 0.376 e. The topological polar surface area (TPSA) is 35.2 Å². The molecule has 1 aliphatic carbocycles. The first kappa shape index (κ1) is 13.2. The SMILES string of the molecule is CCOC(C1CC1)C(N)c1cc(Cl)ccc1Cl. The lowest BCUT2D eigenvalue weighted by molar-refractivity contribution is 0.0283. The summed E-state index contributed by atoms with van der Waals surface area (Å²) in [5.41, 5.74) is 7.15. The molecule has 2 unspecified atom stereocenters. The van der Waals surface area contributed by atoms with Crippen molar-refractivity contribution in [3.63, 3.8) is 0 Å². The second kappa shape index (κ2) is 5.57. The molecular formula is C13H17Cl2NO. The molecule has 0 amide bonds. The molecular weight excluding hydrogens is 257 g/mol. The zero-order valence-corrected chi connectivity index (χ0v) is 11.3. The Kier molecular flexibility index (Phi) is 4.31. The van der Waals surface area contributed by atoms with Gasteiger partial charge in [-0.25, -0.2) is 0 Å². The van der Waals surface area contributed by atoms with Crippen molar-refractivity contribution >= 4 is 23.2 Å². The highest BCUT2D eigenvalue weighted by molar-refractivity contribution is 6.33. The molecule has 0 heterocycles. The fourth-order valence-electron chi connectivity index (χ4n) is 2.10. The van der Waals surface area contributed by atoms with Crippen LogP contribution in [-0.2, 0) is 4.74 Å². The third-order valence-corrected chi connectivity index (χ3v) is 3.70. The summed E-state index contributed by atoms with van der Waals surface area (Å²) in [6.07, 6.45) is 2.43. The monoisotopic (exact) mass is 273 g/mol. The van der Waals surface area contributed by atoms with Gasteiger partial charge in [-0.05, 0) is 49.4 Å². The minimum Gasteiger partial charge on any atom is -0.376 e. The van der Waals surface area contributed by atoms with Crippen molar-refractivity contribution in [2.45, 2.75) is 31.9 Å². The minimum atomic E-state index is -0.200. The maximum Gasteiger partial charge on any atom is 0.0796 e. The van der Waals surface area contributed by atoms with E-state index in [0.717, 1.165) is 5.56 Å². The van der Waals surface area contributed by atoms with Crippen LogP contribution in [0.5, 0.6) is 0 Å². The molecule has 0 aromatic heterocycles. The van der Waals surface area contributed by atoms with E-state index >= 15 is 0 Å². The Hall–Kier alpha value is -0.280. The van der Waals surface area contributed by atoms with Gasteiger partial charge in [0.2, 0.25) is 0 Å². The molecule has 1 fully saturated rings. The molecule has 2 rings (SSSR count). The van der Waals surface area contributed by atoms with Crippen molar-refractivity contribution in [1.29, 1.82) is 0 Å². The van der Waals surface area contributed by atoms with Gasteiger partial charge in [0.25, 0.3) is 0 Å². The van der Waals surface area contributed by atoms with Gasteiger partial charge in [-0.3, -0.25) is 0 Å². The van der Waals surface area contributed by atoms with Gasteiger partial charge in [0.05, 0.1) is 12.1 Å². The van der Waals surface area contributed by atoms with Gasteiger partial charge in [-0.15, -0.1) is 0 Å². The van der Waals surface area contributed by atoms with Crippen LogP contribution in [0, 0.1) is 5.92 Å². The van der Waals surface area contributed by atoms with Crippen molar-refractivity contribution in [2.75, 3.05) is 6.61 Å².